The van der Waals surface area contributed by atoms with Gasteiger partial charge in [0.05, 0.1) is 17.4 Å². The number of carboxylic acid groups (broad SMARTS) is 1. The predicted octanol–water partition coefficient (Wildman–Crippen LogP) is 2.65. The highest BCUT2D eigenvalue weighted by Crippen LogP contribution is 2.28. The van der Waals surface area contributed by atoms with Crippen molar-refractivity contribution in [2.24, 2.45) is 0 Å². The zero-order valence-corrected chi connectivity index (χ0v) is 11.9. The number of benzene rings is 1. The molecule has 5 nitrogen and oxygen atoms in total. The number of anilines is 1. The van der Waals surface area contributed by atoms with Crippen molar-refractivity contribution >= 4 is 33.5 Å². The van der Waals surface area contributed by atoms with Gasteiger partial charge in [-0.05, 0) is 47.8 Å². The lowest BCUT2D eigenvalue weighted by Crippen LogP contribution is -2.28. The van der Waals surface area contributed by atoms with Gasteiger partial charge in [-0.25, -0.2) is 4.79 Å². The van der Waals surface area contributed by atoms with Crippen LogP contribution < -0.4 is 5.32 Å². The van der Waals surface area contributed by atoms with Gasteiger partial charge in [0, 0.05) is 4.47 Å². The molecule has 1 amide bonds. The maximum atomic E-state index is 12.0. The van der Waals surface area contributed by atoms with E-state index in [1.807, 2.05) is 6.92 Å². The second kappa shape index (κ2) is 5.71. The quantitative estimate of drug-likeness (QED) is 0.894. The minimum atomic E-state index is -1.09. The van der Waals surface area contributed by atoms with E-state index in [1.54, 1.807) is 12.1 Å². The molecule has 2 unspecified atom stereocenters. The Bertz CT molecular complexity index is 517. The number of hydrogen-bond donors (Lipinski definition) is 2. The molecular weight excluding hydrogens is 314 g/mol. The van der Waals surface area contributed by atoms with Crippen molar-refractivity contribution in [3.63, 3.8) is 0 Å². The minimum Gasteiger partial charge on any atom is -0.478 e. The summed E-state index contributed by atoms with van der Waals surface area (Å²) in [6, 6.07) is 4.73. The first kappa shape index (κ1) is 14.0. The summed E-state index contributed by atoms with van der Waals surface area (Å²) in [7, 11) is 0. The van der Waals surface area contributed by atoms with Gasteiger partial charge in [-0.3, -0.25) is 4.79 Å². The third-order valence-electron chi connectivity index (χ3n) is 3.02. The molecule has 1 heterocycles. The normalized spacial score (nSPS) is 22.2. The van der Waals surface area contributed by atoms with Crippen LogP contribution in [0.4, 0.5) is 5.69 Å². The molecule has 102 valence electrons. The number of para-hydroxylation sites is 1. The van der Waals surface area contributed by atoms with Gasteiger partial charge in [-0.1, -0.05) is 6.07 Å². The molecule has 19 heavy (non-hydrogen) atoms. The van der Waals surface area contributed by atoms with Crippen LogP contribution in [0, 0.1) is 0 Å². The molecule has 1 fully saturated rings. The van der Waals surface area contributed by atoms with Gasteiger partial charge in [-0.2, -0.15) is 0 Å². The number of nitrogens with one attached hydrogen (secondary N) is 1. The number of amides is 1. The molecule has 0 spiro atoms. The van der Waals surface area contributed by atoms with Crippen LogP contribution in [0.5, 0.6) is 0 Å². The predicted molar refractivity (Wildman–Crippen MR) is 73.3 cm³/mol. The first-order chi connectivity index (χ1) is 8.99. The van der Waals surface area contributed by atoms with Crippen LogP contribution in [0.15, 0.2) is 22.7 Å². The Morgan fingerprint density at radius 2 is 2.16 bits per heavy atom. The van der Waals surface area contributed by atoms with Crippen molar-refractivity contribution in [1.82, 2.24) is 0 Å². The van der Waals surface area contributed by atoms with E-state index in [0.29, 0.717) is 10.9 Å². The molecule has 1 aliphatic rings. The van der Waals surface area contributed by atoms with Gasteiger partial charge in [0.25, 0.3) is 5.91 Å². The van der Waals surface area contributed by atoms with E-state index in [-0.39, 0.29) is 23.3 Å². The second-order valence-corrected chi connectivity index (χ2v) is 5.32. The summed E-state index contributed by atoms with van der Waals surface area (Å²) in [4.78, 5) is 23.2. The smallest absolute Gasteiger partial charge is 0.337 e. The van der Waals surface area contributed by atoms with Gasteiger partial charge in [0.1, 0.15) is 6.10 Å². The maximum Gasteiger partial charge on any atom is 0.337 e. The first-order valence-electron chi connectivity index (χ1n) is 5.97. The lowest BCUT2D eigenvalue weighted by atomic mass is 10.1. The molecule has 6 heteroatoms. The standard InChI is InChI=1S/C13H14BrNO4/c1-7-5-6-10(19-7)12(16)15-11-8(13(17)18)3-2-4-9(11)14/h2-4,7,10H,5-6H2,1H3,(H,15,16)(H,17,18). The van der Waals surface area contributed by atoms with Crippen LogP contribution in [0.2, 0.25) is 0 Å². The highest BCUT2D eigenvalue weighted by atomic mass is 79.9. The van der Waals surface area contributed by atoms with E-state index in [0.717, 1.165) is 6.42 Å². The van der Waals surface area contributed by atoms with Crippen molar-refractivity contribution in [3.8, 4) is 0 Å². The lowest BCUT2D eigenvalue weighted by molar-refractivity contribution is -0.126. The molecular formula is C13H14BrNO4. The number of carbonyl (C=O) groups excluding carboxylic acids is 1. The Balaban J connectivity index is 2.19. The molecule has 1 saturated heterocycles. The maximum absolute atomic E-state index is 12.0. The van der Waals surface area contributed by atoms with Crippen molar-refractivity contribution in [2.75, 3.05) is 5.32 Å². The largest absolute Gasteiger partial charge is 0.478 e. The van der Waals surface area contributed by atoms with Gasteiger partial charge in [0.15, 0.2) is 0 Å². The third-order valence-corrected chi connectivity index (χ3v) is 3.68. The zero-order valence-electron chi connectivity index (χ0n) is 10.4. The van der Waals surface area contributed by atoms with Gasteiger partial charge >= 0.3 is 5.97 Å². The molecule has 0 aliphatic carbocycles. The molecule has 1 aromatic rings. The summed E-state index contributed by atoms with van der Waals surface area (Å²) in [5.41, 5.74) is 0.317. The van der Waals surface area contributed by atoms with E-state index in [2.05, 4.69) is 21.2 Å². The molecule has 0 bridgehead atoms. The van der Waals surface area contributed by atoms with Gasteiger partial charge in [0.2, 0.25) is 0 Å². The van der Waals surface area contributed by atoms with Crippen LogP contribution in [0.1, 0.15) is 30.1 Å². The van der Waals surface area contributed by atoms with E-state index >= 15 is 0 Å². The van der Waals surface area contributed by atoms with Crippen molar-refractivity contribution in [1.29, 1.82) is 0 Å². The fourth-order valence-corrected chi connectivity index (χ4v) is 2.49. The summed E-state index contributed by atoms with van der Waals surface area (Å²) in [5, 5.41) is 11.7. The molecule has 2 rings (SSSR count). The van der Waals surface area contributed by atoms with Gasteiger partial charge < -0.3 is 15.2 Å². The Kier molecular flexibility index (Phi) is 4.21. The molecule has 2 N–H and O–H groups in total. The number of ether oxygens (including phenoxy) is 1. The Morgan fingerprint density at radius 3 is 2.74 bits per heavy atom. The average molecular weight is 328 g/mol. The van der Waals surface area contributed by atoms with Gasteiger partial charge in [-0.15, -0.1) is 0 Å². The number of hydrogen-bond acceptors (Lipinski definition) is 3. The fourth-order valence-electron chi connectivity index (χ4n) is 2.03. The first-order valence-corrected chi connectivity index (χ1v) is 6.76. The highest BCUT2D eigenvalue weighted by Gasteiger charge is 2.29. The number of halogens is 1. The van der Waals surface area contributed by atoms with Crippen LogP contribution in [-0.2, 0) is 9.53 Å². The van der Waals surface area contributed by atoms with Crippen LogP contribution in [-0.4, -0.2) is 29.2 Å². The van der Waals surface area contributed by atoms with Crippen LogP contribution >= 0.6 is 15.9 Å². The number of carboxylic acids is 1. The third kappa shape index (κ3) is 3.13. The topological polar surface area (TPSA) is 75.6 Å². The second-order valence-electron chi connectivity index (χ2n) is 4.47. The lowest BCUT2D eigenvalue weighted by Gasteiger charge is -2.14. The van der Waals surface area contributed by atoms with E-state index in [9.17, 15) is 9.59 Å². The summed E-state index contributed by atoms with van der Waals surface area (Å²) in [6.45, 7) is 1.91. The van der Waals surface area contributed by atoms with Crippen molar-refractivity contribution in [2.45, 2.75) is 32.0 Å². The fraction of sp³-hybridized carbons (Fsp3) is 0.385. The van der Waals surface area contributed by atoms with Crippen LogP contribution in [0.25, 0.3) is 0 Å². The molecule has 1 aromatic carbocycles. The Hall–Kier alpha value is -1.40. The highest BCUT2D eigenvalue weighted by molar-refractivity contribution is 9.10. The van der Waals surface area contributed by atoms with E-state index in [1.165, 1.54) is 6.07 Å². The molecule has 0 saturated carbocycles. The monoisotopic (exact) mass is 327 g/mol. The average Bonchev–Trinajstić information content (AvgIpc) is 2.78. The molecule has 2 atom stereocenters. The number of aromatic carboxylic acids is 1. The molecule has 0 radical (unpaired) electrons. The van der Waals surface area contributed by atoms with Crippen molar-refractivity contribution < 1.29 is 19.4 Å². The summed E-state index contributed by atoms with van der Waals surface area (Å²) >= 11 is 3.25. The summed E-state index contributed by atoms with van der Waals surface area (Å²) in [5.74, 6) is -1.39. The minimum absolute atomic E-state index is 0.0498. The summed E-state index contributed by atoms with van der Waals surface area (Å²) < 4.78 is 5.99. The van der Waals surface area contributed by atoms with Crippen LogP contribution in [0.3, 0.4) is 0 Å². The number of rotatable bonds is 3. The van der Waals surface area contributed by atoms with E-state index in [4.69, 9.17) is 9.84 Å². The number of carbonyl (C=O) groups is 2. The molecule has 1 aliphatic heterocycles. The Labute approximate surface area is 119 Å². The Morgan fingerprint density at radius 1 is 1.42 bits per heavy atom. The SMILES string of the molecule is CC1CCC(C(=O)Nc2c(Br)cccc2C(=O)O)O1. The van der Waals surface area contributed by atoms with Crippen molar-refractivity contribution in [3.05, 3.63) is 28.2 Å². The molecule has 0 aromatic heterocycles. The zero-order chi connectivity index (χ0) is 14.0. The summed E-state index contributed by atoms with van der Waals surface area (Å²) in [6.07, 6.45) is 1.04. The van der Waals surface area contributed by atoms with E-state index < -0.39 is 12.1 Å².